The van der Waals surface area contributed by atoms with E-state index in [1.165, 1.54) is 41.8 Å². The van der Waals surface area contributed by atoms with E-state index in [1.807, 2.05) is 0 Å². The lowest BCUT2D eigenvalue weighted by atomic mass is 10.0. The molecule has 6 nitrogen and oxygen atoms in total. The number of alkyl halides is 3. The number of benzene rings is 2. The maximum absolute atomic E-state index is 13.3. The van der Waals surface area contributed by atoms with Crippen molar-refractivity contribution in [3.63, 3.8) is 0 Å². The molecule has 0 aliphatic carbocycles. The first-order chi connectivity index (χ1) is 16.6. The van der Waals surface area contributed by atoms with Crippen molar-refractivity contribution >= 4 is 34.4 Å². The third-order valence-corrected chi connectivity index (χ3v) is 6.69. The topological polar surface area (TPSA) is 88.0 Å². The molecule has 35 heavy (non-hydrogen) atoms. The summed E-state index contributed by atoms with van der Waals surface area (Å²) in [6.07, 6.45) is -2.62. The summed E-state index contributed by atoms with van der Waals surface area (Å²) >= 11 is 1.28. The molecule has 182 valence electrons. The summed E-state index contributed by atoms with van der Waals surface area (Å²) in [6, 6.07) is 10.6. The van der Waals surface area contributed by atoms with E-state index < -0.39 is 23.8 Å². The van der Waals surface area contributed by atoms with Crippen LogP contribution >= 0.6 is 11.3 Å². The molecule has 2 N–H and O–H groups in total. The molecular weight excluding hydrogens is 481 g/mol. The van der Waals surface area contributed by atoms with E-state index in [1.54, 1.807) is 19.1 Å². The fraction of sp³-hybridized carbons (Fsp3) is 0.240. The Kier molecular flexibility index (Phi) is 7.04. The number of carboxylic acids is 1. The lowest BCUT2D eigenvalue weighted by Crippen LogP contribution is -2.28. The molecule has 0 fully saturated rings. The number of hydrogen-bond acceptors (Lipinski definition) is 5. The summed E-state index contributed by atoms with van der Waals surface area (Å²) in [5.41, 5.74) is 1.56. The van der Waals surface area contributed by atoms with Crippen molar-refractivity contribution in [1.82, 2.24) is 5.32 Å². The standard InChI is InChI=1S/C25H21F3N2O4S/c1-14(16-5-7-17(8-6-16)24(32)33)30-22(31)21-19-9-10-34-13-20(19)35-23(21)29-12-15-3-2-4-18(11-15)25(26,27)28/h2-8,11-12,14H,9-10,13H2,1H3,(H,30,31)(H,32,33)/b29-12+/t14-/m0/s1. The summed E-state index contributed by atoms with van der Waals surface area (Å²) in [5, 5.41) is 12.4. The fourth-order valence-electron chi connectivity index (χ4n) is 3.74. The zero-order chi connectivity index (χ0) is 25.2. The third-order valence-electron chi connectivity index (χ3n) is 5.58. The minimum absolute atomic E-state index is 0.144. The van der Waals surface area contributed by atoms with Crippen molar-refractivity contribution in [3.05, 3.63) is 86.8 Å². The third kappa shape index (κ3) is 5.60. The van der Waals surface area contributed by atoms with Gasteiger partial charge in [0.25, 0.3) is 5.91 Å². The van der Waals surface area contributed by atoms with Crippen molar-refractivity contribution in [1.29, 1.82) is 0 Å². The van der Waals surface area contributed by atoms with Crippen LogP contribution < -0.4 is 5.32 Å². The van der Waals surface area contributed by atoms with Crippen molar-refractivity contribution in [2.75, 3.05) is 6.61 Å². The van der Waals surface area contributed by atoms with E-state index in [-0.39, 0.29) is 17.0 Å². The maximum Gasteiger partial charge on any atom is 0.416 e. The number of nitrogens with one attached hydrogen (secondary N) is 1. The molecule has 1 aromatic heterocycles. The van der Waals surface area contributed by atoms with E-state index in [9.17, 15) is 22.8 Å². The van der Waals surface area contributed by atoms with Gasteiger partial charge in [0.15, 0.2) is 0 Å². The number of carbonyl (C=O) groups excluding carboxylic acids is 1. The highest BCUT2D eigenvalue weighted by atomic mass is 32.1. The molecule has 1 amide bonds. The lowest BCUT2D eigenvalue weighted by molar-refractivity contribution is -0.137. The smallest absolute Gasteiger partial charge is 0.416 e. The molecule has 1 aliphatic heterocycles. The zero-order valence-corrected chi connectivity index (χ0v) is 19.4. The average molecular weight is 503 g/mol. The first-order valence-corrected chi connectivity index (χ1v) is 11.5. The van der Waals surface area contributed by atoms with Gasteiger partial charge in [0.05, 0.1) is 35.9 Å². The molecule has 0 unspecified atom stereocenters. The van der Waals surface area contributed by atoms with Crippen LogP contribution in [-0.2, 0) is 23.9 Å². The Morgan fingerprint density at radius 2 is 1.94 bits per heavy atom. The predicted octanol–water partition coefficient (Wildman–Crippen LogP) is 5.78. The molecule has 0 saturated carbocycles. The van der Waals surface area contributed by atoms with Crippen molar-refractivity contribution < 1.29 is 32.6 Å². The van der Waals surface area contributed by atoms with Crippen LogP contribution in [0.5, 0.6) is 0 Å². The molecule has 0 radical (unpaired) electrons. The minimum atomic E-state index is -4.47. The highest BCUT2D eigenvalue weighted by Crippen LogP contribution is 2.39. The van der Waals surface area contributed by atoms with Crippen LogP contribution in [0.1, 0.15) is 60.8 Å². The van der Waals surface area contributed by atoms with Crippen LogP contribution in [0.4, 0.5) is 18.2 Å². The second-order valence-electron chi connectivity index (χ2n) is 7.99. The second kappa shape index (κ2) is 10.0. The zero-order valence-electron chi connectivity index (χ0n) is 18.6. The number of nitrogens with zero attached hydrogens (tertiary/aromatic N) is 1. The van der Waals surface area contributed by atoms with E-state index in [4.69, 9.17) is 9.84 Å². The van der Waals surface area contributed by atoms with Crippen molar-refractivity contribution in [2.45, 2.75) is 32.2 Å². The van der Waals surface area contributed by atoms with Crippen LogP contribution in [0.15, 0.2) is 53.5 Å². The molecule has 4 rings (SSSR count). The molecular formula is C25H21F3N2O4S. The first-order valence-electron chi connectivity index (χ1n) is 10.7. The molecule has 1 atom stereocenters. The van der Waals surface area contributed by atoms with Crippen molar-refractivity contribution in [2.24, 2.45) is 4.99 Å². The van der Waals surface area contributed by atoms with Gasteiger partial charge in [-0.05, 0) is 54.3 Å². The van der Waals surface area contributed by atoms with Gasteiger partial charge in [-0.3, -0.25) is 4.79 Å². The van der Waals surface area contributed by atoms with E-state index in [0.717, 1.165) is 28.1 Å². The summed E-state index contributed by atoms with van der Waals surface area (Å²) in [5.74, 6) is -1.40. The van der Waals surface area contributed by atoms with Gasteiger partial charge in [-0.25, -0.2) is 9.79 Å². The number of aliphatic imine (C=N–C) groups is 1. The Labute approximate surface area is 203 Å². The van der Waals surface area contributed by atoms with Crippen LogP contribution in [0.25, 0.3) is 0 Å². The van der Waals surface area contributed by atoms with Crippen LogP contribution in [0, 0.1) is 0 Å². The van der Waals surface area contributed by atoms with E-state index >= 15 is 0 Å². The first kappa shape index (κ1) is 24.6. The molecule has 0 bridgehead atoms. The van der Waals surface area contributed by atoms with E-state index in [2.05, 4.69) is 10.3 Å². The molecule has 3 aromatic rings. The average Bonchev–Trinajstić information content (AvgIpc) is 3.21. The predicted molar refractivity (Wildman–Crippen MR) is 126 cm³/mol. The number of thiophene rings is 1. The lowest BCUT2D eigenvalue weighted by Gasteiger charge is -2.17. The number of amides is 1. The Morgan fingerprint density at radius 3 is 2.63 bits per heavy atom. The number of hydrogen-bond donors (Lipinski definition) is 2. The normalized spacial score (nSPS) is 14.5. The van der Waals surface area contributed by atoms with Gasteiger partial charge in [0.2, 0.25) is 0 Å². The van der Waals surface area contributed by atoms with Crippen LogP contribution in [-0.4, -0.2) is 29.8 Å². The number of carbonyl (C=O) groups is 2. The number of fused-ring (bicyclic) bond motifs is 1. The summed E-state index contributed by atoms with van der Waals surface area (Å²) in [7, 11) is 0. The summed E-state index contributed by atoms with van der Waals surface area (Å²) in [4.78, 5) is 29.6. The largest absolute Gasteiger partial charge is 0.478 e. The second-order valence-corrected chi connectivity index (χ2v) is 9.07. The molecule has 0 saturated heterocycles. The summed E-state index contributed by atoms with van der Waals surface area (Å²) < 4.78 is 44.6. The molecule has 10 heteroatoms. The van der Waals surface area contributed by atoms with Crippen LogP contribution in [0.3, 0.4) is 0 Å². The molecule has 2 aromatic carbocycles. The Bertz CT molecular complexity index is 1280. The Morgan fingerprint density at radius 1 is 1.20 bits per heavy atom. The number of halogens is 3. The molecule has 1 aliphatic rings. The van der Waals surface area contributed by atoms with Gasteiger partial charge in [-0.2, -0.15) is 13.2 Å². The molecule has 0 spiro atoms. The summed E-state index contributed by atoms with van der Waals surface area (Å²) in [6.45, 7) is 2.57. The SMILES string of the molecule is C[C@H](NC(=O)c1c(/N=C/c2cccc(C(F)(F)F)c2)sc2c1CCOC2)c1ccc(C(=O)O)cc1. The number of aromatic carboxylic acids is 1. The van der Waals surface area contributed by atoms with Gasteiger partial charge in [0, 0.05) is 11.1 Å². The monoisotopic (exact) mass is 502 g/mol. The van der Waals surface area contributed by atoms with Gasteiger partial charge in [-0.1, -0.05) is 24.3 Å². The number of ether oxygens (including phenoxy) is 1. The number of rotatable bonds is 6. The highest BCUT2D eigenvalue weighted by Gasteiger charge is 2.30. The highest BCUT2D eigenvalue weighted by molar-refractivity contribution is 7.16. The van der Waals surface area contributed by atoms with Gasteiger partial charge in [-0.15, -0.1) is 11.3 Å². The maximum atomic E-state index is 13.3. The number of carboxylic acid groups (broad SMARTS) is 1. The van der Waals surface area contributed by atoms with Crippen molar-refractivity contribution in [3.8, 4) is 0 Å². The van der Waals surface area contributed by atoms with E-state index in [0.29, 0.717) is 30.2 Å². The van der Waals surface area contributed by atoms with Gasteiger partial charge < -0.3 is 15.2 Å². The molecule has 2 heterocycles. The quantitative estimate of drug-likeness (QED) is 0.419. The van der Waals surface area contributed by atoms with Gasteiger partial charge >= 0.3 is 12.1 Å². The van der Waals surface area contributed by atoms with Gasteiger partial charge in [0.1, 0.15) is 5.00 Å². The Hall–Kier alpha value is -3.50. The van der Waals surface area contributed by atoms with Crippen LogP contribution in [0.2, 0.25) is 0 Å². The Balaban J connectivity index is 1.61. The minimum Gasteiger partial charge on any atom is -0.478 e. The fourth-order valence-corrected chi connectivity index (χ4v) is 4.86.